The number of nitrogens with one attached hydrogen (secondary N) is 1. The maximum atomic E-state index is 5.45. The number of benzene rings is 1. The third-order valence-corrected chi connectivity index (χ3v) is 4.45. The molecule has 0 bridgehead atoms. The smallest absolute Gasteiger partial charge is 0.0594 e. The molecule has 0 spiro atoms. The highest BCUT2D eigenvalue weighted by Gasteiger charge is 2.28. The van der Waals surface area contributed by atoms with E-state index >= 15 is 0 Å². The first-order valence-electron chi connectivity index (χ1n) is 8.03. The van der Waals surface area contributed by atoms with Crippen molar-refractivity contribution >= 4 is 0 Å². The molecular formula is C18H30N2O. The summed E-state index contributed by atoms with van der Waals surface area (Å²) >= 11 is 0. The van der Waals surface area contributed by atoms with E-state index in [-0.39, 0.29) is 5.54 Å². The van der Waals surface area contributed by atoms with Crippen LogP contribution in [-0.4, -0.2) is 43.3 Å². The maximum absolute atomic E-state index is 5.45. The van der Waals surface area contributed by atoms with Crippen LogP contribution < -0.4 is 5.32 Å². The van der Waals surface area contributed by atoms with Gasteiger partial charge >= 0.3 is 0 Å². The minimum atomic E-state index is 0.164. The summed E-state index contributed by atoms with van der Waals surface area (Å²) in [6.07, 6.45) is 0. The minimum absolute atomic E-state index is 0.164. The molecule has 3 heteroatoms. The van der Waals surface area contributed by atoms with Gasteiger partial charge in [-0.15, -0.1) is 0 Å². The quantitative estimate of drug-likeness (QED) is 0.902. The second kappa shape index (κ2) is 6.91. The largest absolute Gasteiger partial charge is 0.379 e. The third-order valence-electron chi connectivity index (χ3n) is 4.45. The zero-order chi connectivity index (χ0) is 15.5. The molecule has 1 aliphatic rings. The van der Waals surface area contributed by atoms with E-state index in [0.717, 1.165) is 32.8 Å². The number of aryl methyl sites for hydroxylation is 2. The van der Waals surface area contributed by atoms with Crippen LogP contribution in [-0.2, 0) is 4.74 Å². The monoisotopic (exact) mass is 290 g/mol. The summed E-state index contributed by atoms with van der Waals surface area (Å²) in [5.41, 5.74) is 4.22. The molecule has 1 unspecified atom stereocenters. The van der Waals surface area contributed by atoms with Crippen LogP contribution in [0.5, 0.6) is 0 Å². The average molecular weight is 290 g/mol. The summed E-state index contributed by atoms with van der Waals surface area (Å²) < 4.78 is 5.45. The molecule has 1 heterocycles. The molecule has 1 N–H and O–H groups in total. The second-order valence-electron chi connectivity index (χ2n) is 6.94. The van der Waals surface area contributed by atoms with E-state index in [4.69, 9.17) is 4.74 Å². The van der Waals surface area contributed by atoms with E-state index in [1.807, 2.05) is 0 Å². The molecule has 1 aromatic rings. The van der Waals surface area contributed by atoms with Crippen molar-refractivity contribution in [2.45, 2.75) is 46.2 Å². The molecule has 0 aromatic heterocycles. The van der Waals surface area contributed by atoms with Crippen LogP contribution in [0.3, 0.4) is 0 Å². The Hall–Kier alpha value is -0.900. The highest BCUT2D eigenvalue weighted by Crippen LogP contribution is 2.20. The summed E-state index contributed by atoms with van der Waals surface area (Å²) in [6, 6.07) is 7.18. The number of ether oxygens (including phenoxy) is 1. The molecule has 1 fully saturated rings. The molecule has 1 atom stereocenters. The van der Waals surface area contributed by atoms with Gasteiger partial charge in [0.05, 0.1) is 13.2 Å². The number of hydrogen-bond acceptors (Lipinski definition) is 3. The van der Waals surface area contributed by atoms with Gasteiger partial charge in [-0.25, -0.2) is 0 Å². The number of hydrogen-bond donors (Lipinski definition) is 1. The van der Waals surface area contributed by atoms with E-state index in [1.54, 1.807) is 0 Å². The van der Waals surface area contributed by atoms with Crippen molar-refractivity contribution in [3.8, 4) is 0 Å². The van der Waals surface area contributed by atoms with Gasteiger partial charge in [0.25, 0.3) is 0 Å². The van der Waals surface area contributed by atoms with Crippen LogP contribution in [0.15, 0.2) is 18.2 Å². The van der Waals surface area contributed by atoms with E-state index in [0.29, 0.717) is 6.04 Å². The van der Waals surface area contributed by atoms with E-state index in [1.165, 1.54) is 16.7 Å². The predicted molar refractivity (Wildman–Crippen MR) is 88.8 cm³/mol. The van der Waals surface area contributed by atoms with Crippen molar-refractivity contribution in [3.05, 3.63) is 34.9 Å². The Labute approximate surface area is 129 Å². The minimum Gasteiger partial charge on any atom is -0.379 e. The van der Waals surface area contributed by atoms with Gasteiger partial charge in [-0.05, 0) is 40.2 Å². The van der Waals surface area contributed by atoms with Crippen molar-refractivity contribution in [3.63, 3.8) is 0 Å². The lowest BCUT2D eigenvalue weighted by atomic mass is 9.99. The molecule has 118 valence electrons. The van der Waals surface area contributed by atoms with E-state index in [9.17, 15) is 0 Å². The fourth-order valence-electron chi connectivity index (χ4n) is 3.06. The van der Waals surface area contributed by atoms with E-state index in [2.05, 4.69) is 63.0 Å². The first kappa shape index (κ1) is 16.5. The molecule has 2 rings (SSSR count). The summed E-state index contributed by atoms with van der Waals surface area (Å²) in [5, 5.41) is 3.71. The van der Waals surface area contributed by atoms with Gasteiger partial charge in [-0.1, -0.05) is 29.3 Å². The Morgan fingerprint density at radius 1 is 1.14 bits per heavy atom. The molecule has 1 aromatic carbocycles. The Balaban J connectivity index is 1.94. The van der Waals surface area contributed by atoms with Crippen molar-refractivity contribution in [2.75, 3.05) is 32.8 Å². The zero-order valence-electron chi connectivity index (χ0n) is 14.2. The molecule has 0 amide bonds. The number of rotatable bonds is 5. The number of nitrogens with zero attached hydrogens (tertiary/aromatic N) is 1. The van der Waals surface area contributed by atoms with Crippen LogP contribution in [0, 0.1) is 13.8 Å². The van der Waals surface area contributed by atoms with Crippen molar-refractivity contribution < 1.29 is 4.74 Å². The molecular weight excluding hydrogens is 260 g/mol. The first-order valence-corrected chi connectivity index (χ1v) is 8.03. The first-order chi connectivity index (χ1) is 9.88. The Morgan fingerprint density at radius 3 is 2.29 bits per heavy atom. The van der Waals surface area contributed by atoms with Crippen molar-refractivity contribution in [2.24, 2.45) is 0 Å². The van der Waals surface area contributed by atoms with Gasteiger partial charge < -0.3 is 10.1 Å². The van der Waals surface area contributed by atoms with Gasteiger partial charge in [0.2, 0.25) is 0 Å². The van der Waals surface area contributed by atoms with Crippen LogP contribution in [0.4, 0.5) is 0 Å². The second-order valence-corrected chi connectivity index (χ2v) is 6.94. The summed E-state index contributed by atoms with van der Waals surface area (Å²) in [5.74, 6) is 0. The molecule has 3 nitrogen and oxygen atoms in total. The van der Waals surface area contributed by atoms with Crippen molar-refractivity contribution in [1.29, 1.82) is 0 Å². The van der Waals surface area contributed by atoms with Gasteiger partial charge in [0.15, 0.2) is 0 Å². The molecule has 1 saturated heterocycles. The SMILES string of the molecule is Cc1cc(C)cc(C(C)NCC(C)(C)N2CCOCC2)c1. The van der Waals surface area contributed by atoms with Crippen LogP contribution >= 0.6 is 0 Å². The number of morpholine rings is 1. The summed E-state index contributed by atoms with van der Waals surface area (Å²) in [6.45, 7) is 16.0. The maximum Gasteiger partial charge on any atom is 0.0594 e. The van der Waals surface area contributed by atoms with Gasteiger partial charge in [0.1, 0.15) is 0 Å². The normalized spacial score (nSPS) is 18.7. The van der Waals surface area contributed by atoms with Crippen LogP contribution in [0.2, 0.25) is 0 Å². The molecule has 21 heavy (non-hydrogen) atoms. The molecule has 0 saturated carbocycles. The summed E-state index contributed by atoms with van der Waals surface area (Å²) in [7, 11) is 0. The lowest BCUT2D eigenvalue weighted by molar-refractivity contribution is -0.0102. The average Bonchev–Trinajstić information content (AvgIpc) is 2.45. The topological polar surface area (TPSA) is 24.5 Å². The van der Waals surface area contributed by atoms with E-state index < -0.39 is 0 Å². The molecule has 1 aliphatic heterocycles. The van der Waals surface area contributed by atoms with Gasteiger partial charge in [-0.2, -0.15) is 0 Å². The summed E-state index contributed by atoms with van der Waals surface area (Å²) in [4.78, 5) is 2.53. The van der Waals surface area contributed by atoms with Gasteiger partial charge in [0, 0.05) is 31.2 Å². The molecule has 0 aliphatic carbocycles. The fraction of sp³-hybridized carbons (Fsp3) is 0.667. The Morgan fingerprint density at radius 2 is 1.71 bits per heavy atom. The molecule has 0 radical (unpaired) electrons. The van der Waals surface area contributed by atoms with Crippen LogP contribution in [0.25, 0.3) is 0 Å². The Bertz CT molecular complexity index is 444. The van der Waals surface area contributed by atoms with Crippen molar-refractivity contribution in [1.82, 2.24) is 10.2 Å². The highest BCUT2D eigenvalue weighted by molar-refractivity contribution is 5.30. The zero-order valence-corrected chi connectivity index (χ0v) is 14.2. The van der Waals surface area contributed by atoms with Gasteiger partial charge in [-0.3, -0.25) is 4.90 Å². The van der Waals surface area contributed by atoms with Crippen LogP contribution in [0.1, 0.15) is 43.5 Å². The standard InChI is InChI=1S/C18H30N2O/c1-14-10-15(2)12-17(11-14)16(3)19-13-18(4,5)20-6-8-21-9-7-20/h10-12,16,19H,6-9,13H2,1-5H3. The Kier molecular flexibility index (Phi) is 5.42. The predicted octanol–water partition coefficient (Wildman–Crippen LogP) is 3.06. The lowest BCUT2D eigenvalue weighted by Crippen LogP contribution is -2.54. The lowest BCUT2D eigenvalue weighted by Gasteiger charge is -2.41. The fourth-order valence-corrected chi connectivity index (χ4v) is 3.06. The highest BCUT2D eigenvalue weighted by atomic mass is 16.5. The third kappa shape index (κ3) is 4.53.